The number of pyridine rings is 1. The Bertz CT molecular complexity index is 1070. The van der Waals surface area contributed by atoms with Gasteiger partial charge < -0.3 is 5.11 Å². The third kappa shape index (κ3) is 3.43. The van der Waals surface area contributed by atoms with Crippen molar-refractivity contribution in [1.82, 2.24) is 4.98 Å². The minimum absolute atomic E-state index is 0.0500. The number of anilines is 1. The second kappa shape index (κ2) is 8.68. The molecule has 37 heavy (non-hydrogen) atoms. The summed E-state index contributed by atoms with van der Waals surface area (Å²) in [5, 5.41) is 13.1. The zero-order chi connectivity index (χ0) is 26.2. The van der Waals surface area contributed by atoms with E-state index >= 15 is 0 Å². The van der Waals surface area contributed by atoms with Gasteiger partial charge in [-0.05, 0) is 79.7 Å². The van der Waals surface area contributed by atoms with Crippen molar-refractivity contribution in [2.75, 3.05) is 5.06 Å². The summed E-state index contributed by atoms with van der Waals surface area (Å²) in [4.78, 5) is 12.1. The van der Waals surface area contributed by atoms with E-state index in [2.05, 4.69) is 83.0 Å². The molecular weight excluding hydrogens is 456 g/mol. The lowest BCUT2D eigenvalue weighted by Crippen LogP contribution is -2.79. The highest BCUT2D eigenvalue weighted by Crippen LogP contribution is 2.73. The van der Waals surface area contributed by atoms with E-state index in [1.807, 2.05) is 12.3 Å². The summed E-state index contributed by atoms with van der Waals surface area (Å²) in [7, 11) is 0. The molecule has 1 aromatic heterocycles. The minimum atomic E-state index is -0.347. The predicted molar refractivity (Wildman–Crippen MR) is 150 cm³/mol. The average Bonchev–Trinajstić information content (AvgIpc) is 3.25. The van der Waals surface area contributed by atoms with Crippen LogP contribution in [0.3, 0.4) is 0 Å². The summed E-state index contributed by atoms with van der Waals surface area (Å²) >= 11 is 0. The van der Waals surface area contributed by atoms with Gasteiger partial charge in [-0.3, -0.25) is 4.84 Å². The molecule has 1 saturated heterocycles. The fraction of sp³-hybridized carbons (Fsp3) is 0.727. The molecule has 7 rings (SSSR count). The molecule has 2 spiro atoms. The van der Waals surface area contributed by atoms with Gasteiger partial charge in [0.15, 0.2) is 5.82 Å². The number of aliphatic hydroxyl groups excluding tert-OH is 1. The summed E-state index contributed by atoms with van der Waals surface area (Å²) in [6.07, 6.45) is 19.1. The van der Waals surface area contributed by atoms with Gasteiger partial charge in [-0.1, -0.05) is 71.9 Å². The van der Waals surface area contributed by atoms with Crippen molar-refractivity contribution in [3.63, 3.8) is 0 Å². The Labute approximate surface area is 224 Å². The first-order valence-electron chi connectivity index (χ1n) is 15.0. The van der Waals surface area contributed by atoms with Gasteiger partial charge in [0, 0.05) is 29.9 Å². The van der Waals surface area contributed by atoms with Gasteiger partial charge in [0.25, 0.3) is 0 Å². The molecule has 2 aliphatic heterocycles. The molecule has 3 saturated carbocycles. The van der Waals surface area contributed by atoms with Crippen LogP contribution in [-0.4, -0.2) is 27.3 Å². The molecule has 2 bridgehead atoms. The Kier molecular flexibility index (Phi) is 6.01. The van der Waals surface area contributed by atoms with Crippen LogP contribution in [0, 0.1) is 46.3 Å². The third-order valence-corrected chi connectivity index (χ3v) is 12.3. The first-order valence-corrected chi connectivity index (χ1v) is 15.0. The third-order valence-electron chi connectivity index (χ3n) is 12.3. The van der Waals surface area contributed by atoms with E-state index in [9.17, 15) is 5.11 Å². The van der Waals surface area contributed by atoms with Crippen LogP contribution in [0.15, 0.2) is 48.7 Å². The molecule has 3 heterocycles. The van der Waals surface area contributed by atoms with Crippen molar-refractivity contribution in [2.45, 2.75) is 104 Å². The number of rotatable bonds is 5. The van der Waals surface area contributed by atoms with Crippen LogP contribution in [0.4, 0.5) is 5.82 Å². The van der Waals surface area contributed by atoms with Crippen molar-refractivity contribution in [3.8, 4) is 0 Å². The van der Waals surface area contributed by atoms with Crippen molar-refractivity contribution in [1.29, 1.82) is 0 Å². The number of allylic oxidation sites excluding steroid dienone is 2. The molecule has 202 valence electrons. The average molecular weight is 505 g/mol. The van der Waals surface area contributed by atoms with Crippen LogP contribution in [0.25, 0.3) is 0 Å². The fourth-order valence-corrected chi connectivity index (χ4v) is 9.79. The number of hydrogen-bond acceptors (Lipinski definition) is 4. The number of fused-ring (bicyclic) bond motifs is 2. The largest absolute Gasteiger partial charge is 0.393 e. The number of nitrogens with zero attached hydrogens (tertiary/aromatic N) is 2. The highest BCUT2D eigenvalue weighted by atomic mass is 16.7. The molecule has 10 atom stereocenters. The topological polar surface area (TPSA) is 45.6 Å². The highest BCUT2D eigenvalue weighted by molar-refractivity contribution is 5.50. The molecule has 0 amide bonds. The molecule has 0 aromatic carbocycles. The molecule has 0 unspecified atom stereocenters. The van der Waals surface area contributed by atoms with Crippen molar-refractivity contribution in [3.05, 3.63) is 48.7 Å². The van der Waals surface area contributed by atoms with E-state index in [4.69, 9.17) is 9.82 Å². The van der Waals surface area contributed by atoms with Crippen molar-refractivity contribution in [2.24, 2.45) is 46.3 Å². The SMILES string of the molecule is CC(C)[C@@H](C)/C=C/[C@@H](C)[C@H]1CC[C@@H]2[C@]1(C)CC[C@H]1[C@]23C=C[C@]2(C[C@@H](O)CC[C@]12C)N(c1ccccn1)O3. The van der Waals surface area contributed by atoms with Gasteiger partial charge >= 0.3 is 0 Å². The zero-order valence-electron chi connectivity index (χ0n) is 23.9. The lowest BCUT2D eigenvalue weighted by atomic mass is 9.41. The van der Waals surface area contributed by atoms with Crippen LogP contribution >= 0.6 is 0 Å². The smallest absolute Gasteiger partial charge is 0.153 e. The molecular formula is C33H48N2O2. The lowest BCUT2D eigenvalue weighted by molar-refractivity contribution is -0.273. The molecule has 1 aromatic rings. The van der Waals surface area contributed by atoms with E-state index in [0.29, 0.717) is 41.9 Å². The van der Waals surface area contributed by atoms with E-state index in [0.717, 1.165) is 18.7 Å². The Morgan fingerprint density at radius 2 is 1.81 bits per heavy atom. The summed E-state index contributed by atoms with van der Waals surface area (Å²) in [6.45, 7) is 14.5. The zero-order valence-corrected chi connectivity index (χ0v) is 23.9. The number of aromatic nitrogens is 1. The highest BCUT2D eigenvalue weighted by Gasteiger charge is 2.75. The standard InChI is InChI=1S/C33H48N2O2/c1-22(2)23(3)10-11-24(4)26-12-13-27-30(26,5)16-15-28-31(6)17-14-25(36)21-32(31)18-19-33(27,28)37-35(32)29-9-7-8-20-34-29/h7-11,18-20,22-28,36H,12-17,21H2,1-6H3/b11-10+/t23-,24+,25-,26+,27+,28+,30+,31+,32+,33-/m0/s1. The molecule has 0 radical (unpaired) electrons. The summed E-state index contributed by atoms with van der Waals surface area (Å²) in [5.41, 5.74) is -0.343. The van der Waals surface area contributed by atoms with E-state index in [-0.39, 0.29) is 28.1 Å². The Hall–Kier alpha value is -1.65. The van der Waals surface area contributed by atoms with E-state index in [1.165, 1.54) is 25.7 Å². The first-order chi connectivity index (χ1) is 17.6. The predicted octanol–water partition coefficient (Wildman–Crippen LogP) is 7.36. The van der Waals surface area contributed by atoms with Crippen LogP contribution < -0.4 is 5.06 Å². The maximum Gasteiger partial charge on any atom is 0.153 e. The Morgan fingerprint density at radius 3 is 2.54 bits per heavy atom. The van der Waals surface area contributed by atoms with Gasteiger partial charge in [0.1, 0.15) is 5.60 Å². The maximum absolute atomic E-state index is 10.9. The summed E-state index contributed by atoms with van der Waals surface area (Å²) < 4.78 is 0. The number of hydrogen-bond donors (Lipinski definition) is 1. The summed E-state index contributed by atoms with van der Waals surface area (Å²) in [6, 6.07) is 6.12. The number of hydroxylamine groups is 1. The quantitative estimate of drug-likeness (QED) is 0.426. The minimum Gasteiger partial charge on any atom is -0.393 e. The molecule has 1 N–H and O–H groups in total. The van der Waals surface area contributed by atoms with Gasteiger partial charge in [0.05, 0.1) is 11.6 Å². The van der Waals surface area contributed by atoms with Crippen LogP contribution in [0.2, 0.25) is 0 Å². The normalized spacial score (nSPS) is 46.1. The Morgan fingerprint density at radius 1 is 1.00 bits per heavy atom. The van der Waals surface area contributed by atoms with E-state index < -0.39 is 0 Å². The van der Waals surface area contributed by atoms with Gasteiger partial charge in [-0.25, -0.2) is 10.0 Å². The van der Waals surface area contributed by atoms with Crippen LogP contribution in [-0.2, 0) is 4.84 Å². The van der Waals surface area contributed by atoms with Gasteiger partial charge in [-0.15, -0.1) is 0 Å². The Balaban J connectivity index is 1.40. The maximum atomic E-state index is 10.9. The molecule has 6 aliphatic rings. The van der Waals surface area contributed by atoms with Crippen LogP contribution in [0.5, 0.6) is 0 Å². The molecule has 4 heteroatoms. The second-order valence-corrected chi connectivity index (χ2v) is 14.2. The van der Waals surface area contributed by atoms with E-state index in [1.54, 1.807) is 0 Å². The van der Waals surface area contributed by atoms with Crippen molar-refractivity contribution >= 4 is 5.82 Å². The number of aliphatic hydroxyl groups is 1. The lowest BCUT2D eigenvalue weighted by Gasteiger charge is -2.73. The van der Waals surface area contributed by atoms with Crippen molar-refractivity contribution < 1.29 is 9.94 Å². The van der Waals surface area contributed by atoms with Gasteiger partial charge in [-0.2, -0.15) is 0 Å². The van der Waals surface area contributed by atoms with Crippen LogP contribution in [0.1, 0.15) is 86.5 Å². The monoisotopic (exact) mass is 504 g/mol. The first kappa shape index (κ1) is 25.6. The molecule has 4 fully saturated rings. The molecule has 4 aliphatic carbocycles. The fourth-order valence-electron chi connectivity index (χ4n) is 9.79. The summed E-state index contributed by atoms with van der Waals surface area (Å²) in [5.74, 6) is 4.40. The van der Waals surface area contributed by atoms with Gasteiger partial charge in [0.2, 0.25) is 0 Å². The second-order valence-electron chi connectivity index (χ2n) is 14.2. The molecule has 4 nitrogen and oxygen atoms in total.